The molecule has 2 aromatic rings. The van der Waals surface area contributed by atoms with Crippen molar-refractivity contribution in [3.05, 3.63) is 59.8 Å². The maximum atomic E-state index is 5.70. The Balaban J connectivity index is 2.01. The lowest BCUT2D eigenvalue weighted by molar-refractivity contribution is 0.556. The van der Waals surface area contributed by atoms with Gasteiger partial charge in [-0.2, -0.15) is 0 Å². The molecule has 1 atom stereocenters. The highest BCUT2D eigenvalue weighted by Gasteiger charge is 2.08. The second-order valence-electron chi connectivity index (χ2n) is 4.47. The van der Waals surface area contributed by atoms with Crippen LogP contribution in [-0.2, 0) is 12.8 Å². The van der Waals surface area contributed by atoms with E-state index in [2.05, 4.69) is 34.6 Å². The smallest absolute Gasteiger partial charge is 0.123 e. The molecule has 0 aliphatic heterocycles. The Hall–Kier alpha value is -1.87. The van der Waals surface area contributed by atoms with Gasteiger partial charge in [0.2, 0.25) is 0 Å². The van der Waals surface area contributed by atoms with Crippen molar-refractivity contribution in [2.45, 2.75) is 18.9 Å². The number of likely N-dealkylation sites (N-methyl/N-ethyl adjacent to an activating group) is 1. The molecule has 2 rings (SSSR count). The van der Waals surface area contributed by atoms with Gasteiger partial charge >= 0.3 is 0 Å². The van der Waals surface area contributed by atoms with Gasteiger partial charge in [0.05, 0.1) is 0 Å². The molecular weight excluding hydrogens is 222 g/mol. The van der Waals surface area contributed by atoms with Gasteiger partial charge in [-0.15, -0.1) is 0 Å². The first-order chi connectivity index (χ1) is 8.78. The second-order valence-corrected chi connectivity index (χ2v) is 4.47. The molecule has 0 radical (unpaired) electrons. The summed E-state index contributed by atoms with van der Waals surface area (Å²) in [5.41, 5.74) is 8.26. The molecule has 0 saturated heterocycles. The van der Waals surface area contributed by atoms with E-state index in [4.69, 9.17) is 5.73 Å². The summed E-state index contributed by atoms with van der Waals surface area (Å²) in [5.74, 6) is 0.585. The number of aromatic nitrogens is 1. The number of nitrogen functional groups attached to an aromatic ring is 1. The summed E-state index contributed by atoms with van der Waals surface area (Å²) < 4.78 is 0. The topological polar surface area (TPSA) is 50.9 Å². The Labute approximate surface area is 108 Å². The number of nitrogens with zero attached hydrogens (tertiary/aromatic N) is 1. The lowest BCUT2D eigenvalue weighted by Gasteiger charge is -2.16. The average molecular weight is 241 g/mol. The largest absolute Gasteiger partial charge is 0.384 e. The van der Waals surface area contributed by atoms with E-state index in [-0.39, 0.29) is 0 Å². The summed E-state index contributed by atoms with van der Waals surface area (Å²) in [6.07, 6.45) is 3.73. The quantitative estimate of drug-likeness (QED) is 0.842. The van der Waals surface area contributed by atoms with Gasteiger partial charge in [-0.1, -0.05) is 30.3 Å². The van der Waals surface area contributed by atoms with Crippen LogP contribution in [0.1, 0.15) is 11.1 Å². The van der Waals surface area contributed by atoms with Gasteiger partial charge in [-0.05, 0) is 43.1 Å². The van der Waals surface area contributed by atoms with E-state index in [1.807, 2.05) is 25.2 Å². The van der Waals surface area contributed by atoms with E-state index >= 15 is 0 Å². The van der Waals surface area contributed by atoms with E-state index in [0.29, 0.717) is 11.9 Å². The lowest BCUT2D eigenvalue weighted by Crippen LogP contribution is -2.29. The first-order valence-electron chi connectivity index (χ1n) is 6.19. The molecule has 0 fully saturated rings. The summed E-state index contributed by atoms with van der Waals surface area (Å²) in [6, 6.07) is 14.9. The van der Waals surface area contributed by atoms with Crippen molar-refractivity contribution in [1.29, 1.82) is 0 Å². The van der Waals surface area contributed by atoms with Crippen molar-refractivity contribution in [3.63, 3.8) is 0 Å². The van der Waals surface area contributed by atoms with Crippen LogP contribution in [0.15, 0.2) is 48.7 Å². The first-order valence-corrected chi connectivity index (χ1v) is 6.19. The maximum Gasteiger partial charge on any atom is 0.123 e. The predicted octanol–water partition coefficient (Wildman–Crippen LogP) is 2.04. The molecule has 94 valence electrons. The van der Waals surface area contributed by atoms with Crippen LogP contribution < -0.4 is 11.1 Å². The van der Waals surface area contributed by atoms with E-state index in [9.17, 15) is 0 Å². The molecule has 0 aliphatic rings. The maximum absolute atomic E-state index is 5.70. The van der Waals surface area contributed by atoms with E-state index in [1.54, 1.807) is 6.20 Å². The highest BCUT2D eigenvalue weighted by molar-refractivity contribution is 5.32. The number of rotatable bonds is 5. The van der Waals surface area contributed by atoms with Crippen molar-refractivity contribution in [3.8, 4) is 0 Å². The minimum absolute atomic E-state index is 0.411. The van der Waals surface area contributed by atoms with E-state index in [1.165, 1.54) is 11.1 Å². The zero-order valence-electron chi connectivity index (χ0n) is 10.6. The van der Waals surface area contributed by atoms with Crippen LogP contribution in [0.2, 0.25) is 0 Å². The summed E-state index contributed by atoms with van der Waals surface area (Å²) in [6.45, 7) is 0. The SMILES string of the molecule is CNC(Cc1ccccc1)Cc1ccnc(N)c1. The fourth-order valence-corrected chi connectivity index (χ4v) is 2.08. The highest BCUT2D eigenvalue weighted by Crippen LogP contribution is 2.10. The van der Waals surface area contributed by atoms with Crippen molar-refractivity contribution < 1.29 is 0 Å². The van der Waals surface area contributed by atoms with Crippen molar-refractivity contribution in [2.75, 3.05) is 12.8 Å². The summed E-state index contributed by atoms with van der Waals surface area (Å²) in [5, 5.41) is 3.36. The highest BCUT2D eigenvalue weighted by atomic mass is 14.9. The average Bonchev–Trinajstić information content (AvgIpc) is 2.39. The number of nitrogens with one attached hydrogen (secondary N) is 1. The molecule has 1 unspecified atom stereocenters. The Morgan fingerprint density at radius 3 is 2.50 bits per heavy atom. The molecule has 0 saturated carbocycles. The van der Waals surface area contributed by atoms with Gasteiger partial charge in [0.1, 0.15) is 5.82 Å². The third kappa shape index (κ3) is 3.57. The van der Waals surface area contributed by atoms with Gasteiger partial charge in [-0.3, -0.25) is 0 Å². The third-order valence-electron chi connectivity index (χ3n) is 3.06. The Morgan fingerprint density at radius 2 is 1.83 bits per heavy atom. The number of hydrogen-bond donors (Lipinski definition) is 2. The van der Waals surface area contributed by atoms with Crippen LogP contribution in [0, 0.1) is 0 Å². The number of benzene rings is 1. The first kappa shape index (κ1) is 12.6. The molecule has 1 aromatic heterocycles. The van der Waals surface area contributed by atoms with E-state index < -0.39 is 0 Å². The Bertz CT molecular complexity index is 482. The zero-order chi connectivity index (χ0) is 12.8. The Morgan fingerprint density at radius 1 is 1.11 bits per heavy atom. The van der Waals surface area contributed by atoms with Gasteiger partial charge in [-0.25, -0.2) is 4.98 Å². The summed E-state index contributed by atoms with van der Waals surface area (Å²) in [7, 11) is 2.00. The van der Waals surface area contributed by atoms with Crippen molar-refractivity contribution in [1.82, 2.24) is 10.3 Å². The second kappa shape index (κ2) is 6.17. The molecule has 3 nitrogen and oxygen atoms in total. The van der Waals surface area contributed by atoms with Gasteiger partial charge in [0, 0.05) is 12.2 Å². The minimum Gasteiger partial charge on any atom is -0.384 e. The molecule has 0 aliphatic carbocycles. The van der Waals surface area contributed by atoms with Crippen LogP contribution in [0.4, 0.5) is 5.82 Å². The van der Waals surface area contributed by atoms with Crippen LogP contribution in [0.25, 0.3) is 0 Å². The van der Waals surface area contributed by atoms with Crippen LogP contribution in [0.5, 0.6) is 0 Å². The molecular formula is C15H19N3. The van der Waals surface area contributed by atoms with Crippen LogP contribution in [-0.4, -0.2) is 18.1 Å². The molecule has 3 heteroatoms. The monoisotopic (exact) mass is 241 g/mol. The molecule has 0 spiro atoms. The van der Waals surface area contributed by atoms with Gasteiger partial charge < -0.3 is 11.1 Å². The standard InChI is InChI=1S/C15H19N3/c1-17-14(9-12-5-3-2-4-6-12)10-13-7-8-18-15(16)11-13/h2-8,11,14,17H,9-10H2,1H3,(H2,16,18). The fraction of sp³-hybridized carbons (Fsp3) is 0.267. The molecule has 3 N–H and O–H groups in total. The third-order valence-corrected chi connectivity index (χ3v) is 3.06. The number of pyridine rings is 1. The number of nitrogens with two attached hydrogens (primary N) is 1. The number of hydrogen-bond acceptors (Lipinski definition) is 3. The van der Waals surface area contributed by atoms with Crippen LogP contribution in [0.3, 0.4) is 0 Å². The Kier molecular flexibility index (Phi) is 4.31. The molecule has 1 heterocycles. The summed E-state index contributed by atoms with van der Waals surface area (Å²) >= 11 is 0. The zero-order valence-corrected chi connectivity index (χ0v) is 10.6. The van der Waals surface area contributed by atoms with Crippen LogP contribution >= 0.6 is 0 Å². The molecule has 1 aromatic carbocycles. The minimum atomic E-state index is 0.411. The van der Waals surface area contributed by atoms with E-state index in [0.717, 1.165) is 12.8 Å². The van der Waals surface area contributed by atoms with Gasteiger partial charge in [0.25, 0.3) is 0 Å². The molecule has 0 amide bonds. The van der Waals surface area contributed by atoms with Crippen molar-refractivity contribution >= 4 is 5.82 Å². The summed E-state index contributed by atoms with van der Waals surface area (Å²) in [4.78, 5) is 4.01. The molecule has 0 bridgehead atoms. The lowest BCUT2D eigenvalue weighted by atomic mass is 10.00. The normalized spacial score (nSPS) is 12.3. The van der Waals surface area contributed by atoms with Crippen molar-refractivity contribution in [2.24, 2.45) is 0 Å². The fourth-order valence-electron chi connectivity index (χ4n) is 2.08. The number of anilines is 1. The molecule has 18 heavy (non-hydrogen) atoms. The predicted molar refractivity (Wildman–Crippen MR) is 75.3 cm³/mol. The van der Waals surface area contributed by atoms with Gasteiger partial charge in [0.15, 0.2) is 0 Å².